The average molecular weight is 326 g/mol. The molecule has 2 heterocycles. The van der Waals surface area contributed by atoms with Crippen molar-refractivity contribution in [1.29, 1.82) is 0 Å². The molecule has 3 rings (SSSR count). The van der Waals surface area contributed by atoms with Gasteiger partial charge >= 0.3 is 0 Å². The van der Waals surface area contributed by atoms with Crippen molar-refractivity contribution in [2.75, 3.05) is 19.7 Å². The van der Waals surface area contributed by atoms with E-state index in [9.17, 15) is 4.39 Å². The van der Waals surface area contributed by atoms with E-state index in [2.05, 4.69) is 26.2 Å². The molecule has 1 unspecified atom stereocenters. The molecule has 6 heteroatoms. The number of halogens is 2. The fraction of sp³-hybridized carbons (Fsp3) is 0.308. The molecule has 19 heavy (non-hydrogen) atoms. The van der Waals surface area contributed by atoms with Crippen molar-refractivity contribution >= 4 is 15.9 Å². The lowest BCUT2D eigenvalue weighted by Gasteiger charge is -2.24. The molecule has 1 aliphatic rings. The highest BCUT2D eigenvalue weighted by Crippen LogP contribution is 2.24. The van der Waals surface area contributed by atoms with Gasteiger partial charge < -0.3 is 14.6 Å². The van der Waals surface area contributed by atoms with Crippen LogP contribution in [0.3, 0.4) is 0 Å². The van der Waals surface area contributed by atoms with Crippen molar-refractivity contribution in [3.05, 3.63) is 46.7 Å². The van der Waals surface area contributed by atoms with E-state index < -0.39 is 0 Å². The normalized spacial score (nSPS) is 19.6. The van der Waals surface area contributed by atoms with Crippen LogP contribution >= 0.6 is 15.9 Å². The zero-order valence-corrected chi connectivity index (χ0v) is 11.7. The van der Waals surface area contributed by atoms with Gasteiger partial charge in [0.05, 0.1) is 29.3 Å². The molecule has 1 aliphatic heterocycles. The molecule has 0 aliphatic carbocycles. The Morgan fingerprint density at radius 1 is 1.47 bits per heavy atom. The Labute approximate surface area is 118 Å². The van der Waals surface area contributed by atoms with Gasteiger partial charge in [-0.3, -0.25) is 0 Å². The number of nitrogens with zero attached hydrogens (tertiary/aromatic N) is 2. The number of hydrogen-bond acceptors (Lipinski definition) is 3. The summed E-state index contributed by atoms with van der Waals surface area (Å²) in [6, 6.07) is 5.01. The Hall–Kier alpha value is -1.24. The number of morpholine rings is 1. The summed E-state index contributed by atoms with van der Waals surface area (Å²) in [7, 11) is 0. The second kappa shape index (κ2) is 5.40. The molecule has 1 aromatic carbocycles. The monoisotopic (exact) mass is 325 g/mol. The quantitative estimate of drug-likeness (QED) is 0.921. The summed E-state index contributed by atoms with van der Waals surface area (Å²) in [5, 5.41) is 3.27. The largest absolute Gasteiger partial charge is 0.369 e. The molecule has 1 atom stereocenters. The van der Waals surface area contributed by atoms with Crippen molar-refractivity contribution in [3.63, 3.8) is 0 Å². The van der Waals surface area contributed by atoms with Crippen LogP contribution in [0, 0.1) is 5.82 Å². The molecule has 0 spiro atoms. The van der Waals surface area contributed by atoms with Crippen LogP contribution in [0.1, 0.15) is 11.8 Å². The van der Waals surface area contributed by atoms with Crippen molar-refractivity contribution in [1.82, 2.24) is 14.9 Å². The summed E-state index contributed by atoms with van der Waals surface area (Å²) in [4.78, 5) is 4.15. The van der Waals surface area contributed by atoms with E-state index in [-0.39, 0.29) is 11.9 Å². The van der Waals surface area contributed by atoms with E-state index in [4.69, 9.17) is 4.74 Å². The first-order valence-electron chi connectivity index (χ1n) is 6.05. The highest BCUT2D eigenvalue weighted by atomic mass is 79.9. The van der Waals surface area contributed by atoms with Gasteiger partial charge in [-0.1, -0.05) is 0 Å². The summed E-state index contributed by atoms with van der Waals surface area (Å²) < 4.78 is 21.6. The van der Waals surface area contributed by atoms with Crippen LogP contribution in [0.15, 0.2) is 35.2 Å². The van der Waals surface area contributed by atoms with Gasteiger partial charge in [0.1, 0.15) is 11.9 Å². The predicted octanol–water partition coefficient (Wildman–Crippen LogP) is 2.43. The summed E-state index contributed by atoms with van der Waals surface area (Å²) in [5.74, 6) is -0.292. The molecule has 1 saturated heterocycles. The minimum absolute atomic E-state index is 0.0528. The minimum Gasteiger partial charge on any atom is -0.369 e. The molecule has 2 aromatic rings. The Kier molecular flexibility index (Phi) is 3.63. The maximum atomic E-state index is 13.6. The number of nitrogens with one attached hydrogen (secondary N) is 1. The van der Waals surface area contributed by atoms with E-state index in [1.807, 2.05) is 10.6 Å². The molecule has 4 nitrogen and oxygen atoms in total. The molecular formula is C13H13BrFN3O. The van der Waals surface area contributed by atoms with Gasteiger partial charge in [0, 0.05) is 18.8 Å². The van der Waals surface area contributed by atoms with Crippen LogP contribution in [0.4, 0.5) is 4.39 Å². The van der Waals surface area contributed by atoms with Crippen LogP contribution < -0.4 is 5.32 Å². The number of imidazole rings is 1. The third kappa shape index (κ3) is 2.56. The molecule has 0 radical (unpaired) electrons. The van der Waals surface area contributed by atoms with Gasteiger partial charge in [0.2, 0.25) is 0 Å². The molecular weight excluding hydrogens is 313 g/mol. The van der Waals surface area contributed by atoms with Crippen LogP contribution in [-0.2, 0) is 4.74 Å². The zero-order chi connectivity index (χ0) is 13.2. The van der Waals surface area contributed by atoms with Crippen LogP contribution in [0.5, 0.6) is 0 Å². The van der Waals surface area contributed by atoms with E-state index >= 15 is 0 Å². The first-order chi connectivity index (χ1) is 9.25. The molecule has 1 fully saturated rings. The van der Waals surface area contributed by atoms with Crippen LogP contribution in [0.25, 0.3) is 5.69 Å². The number of benzene rings is 1. The Morgan fingerprint density at radius 3 is 3.11 bits per heavy atom. The molecule has 1 aromatic heterocycles. The SMILES string of the molecule is Fc1cc(-n2cncc2C2CNCCO2)ccc1Br. The first-order valence-corrected chi connectivity index (χ1v) is 6.85. The van der Waals surface area contributed by atoms with Gasteiger partial charge in [-0.2, -0.15) is 0 Å². The number of rotatable bonds is 2. The van der Waals surface area contributed by atoms with E-state index in [0.717, 1.165) is 24.5 Å². The van der Waals surface area contributed by atoms with Crippen molar-refractivity contribution in [2.24, 2.45) is 0 Å². The van der Waals surface area contributed by atoms with Crippen LogP contribution in [0.2, 0.25) is 0 Å². The summed E-state index contributed by atoms with van der Waals surface area (Å²) in [6.45, 7) is 2.27. The van der Waals surface area contributed by atoms with Gasteiger partial charge in [0.15, 0.2) is 0 Å². The third-order valence-corrected chi connectivity index (χ3v) is 3.75. The fourth-order valence-corrected chi connectivity index (χ4v) is 2.40. The molecule has 0 saturated carbocycles. The Morgan fingerprint density at radius 2 is 2.37 bits per heavy atom. The predicted molar refractivity (Wildman–Crippen MR) is 72.8 cm³/mol. The second-order valence-electron chi connectivity index (χ2n) is 4.35. The lowest BCUT2D eigenvalue weighted by atomic mass is 10.2. The van der Waals surface area contributed by atoms with Crippen molar-refractivity contribution < 1.29 is 9.13 Å². The van der Waals surface area contributed by atoms with Gasteiger partial charge in [0.25, 0.3) is 0 Å². The van der Waals surface area contributed by atoms with Gasteiger partial charge in [-0.25, -0.2) is 9.37 Å². The van der Waals surface area contributed by atoms with E-state index in [1.54, 1.807) is 18.6 Å². The number of hydrogen-bond donors (Lipinski definition) is 1. The number of ether oxygens (including phenoxy) is 1. The number of aromatic nitrogens is 2. The second-order valence-corrected chi connectivity index (χ2v) is 5.20. The highest BCUT2D eigenvalue weighted by Gasteiger charge is 2.20. The zero-order valence-electron chi connectivity index (χ0n) is 10.1. The van der Waals surface area contributed by atoms with E-state index in [1.165, 1.54) is 6.07 Å². The smallest absolute Gasteiger partial charge is 0.139 e. The highest BCUT2D eigenvalue weighted by molar-refractivity contribution is 9.10. The molecule has 100 valence electrons. The third-order valence-electron chi connectivity index (χ3n) is 3.11. The standard InChI is InChI=1S/C13H13BrFN3O/c14-10-2-1-9(5-11(10)15)18-8-17-6-12(18)13-7-16-3-4-19-13/h1-2,5-6,8,13,16H,3-4,7H2. The maximum Gasteiger partial charge on any atom is 0.139 e. The van der Waals surface area contributed by atoms with Gasteiger partial charge in [-0.05, 0) is 34.1 Å². The van der Waals surface area contributed by atoms with Gasteiger partial charge in [-0.15, -0.1) is 0 Å². The minimum atomic E-state index is -0.292. The average Bonchev–Trinajstić information content (AvgIpc) is 2.92. The van der Waals surface area contributed by atoms with Crippen LogP contribution in [-0.4, -0.2) is 29.2 Å². The lowest BCUT2D eigenvalue weighted by Crippen LogP contribution is -2.34. The van der Waals surface area contributed by atoms with E-state index in [0.29, 0.717) is 11.1 Å². The maximum absolute atomic E-state index is 13.6. The lowest BCUT2D eigenvalue weighted by molar-refractivity contribution is 0.0240. The van der Waals surface area contributed by atoms with Crippen molar-refractivity contribution in [3.8, 4) is 5.69 Å². The Bertz CT molecular complexity index is 581. The Balaban J connectivity index is 1.96. The topological polar surface area (TPSA) is 39.1 Å². The summed E-state index contributed by atoms with van der Waals surface area (Å²) in [5.41, 5.74) is 1.66. The molecule has 1 N–H and O–H groups in total. The summed E-state index contributed by atoms with van der Waals surface area (Å²) >= 11 is 3.15. The fourth-order valence-electron chi connectivity index (χ4n) is 2.15. The van der Waals surface area contributed by atoms with Crippen molar-refractivity contribution in [2.45, 2.75) is 6.10 Å². The molecule has 0 amide bonds. The summed E-state index contributed by atoms with van der Waals surface area (Å²) in [6.07, 6.45) is 3.39. The molecule has 0 bridgehead atoms. The first kappa shape index (κ1) is 12.8.